The van der Waals surface area contributed by atoms with Gasteiger partial charge in [-0.3, -0.25) is 9.59 Å². The van der Waals surface area contributed by atoms with Gasteiger partial charge in [0.15, 0.2) is 0 Å². The maximum Gasteiger partial charge on any atom is 0.471 e. The molecule has 9 aromatic rings. The molecule has 68 heavy (non-hydrogen) atoms. The highest BCUT2D eigenvalue weighted by Gasteiger charge is 2.39. The zero-order chi connectivity index (χ0) is 47.4. The van der Waals surface area contributed by atoms with Crippen LogP contribution in [0.5, 0.6) is 0 Å². The average Bonchev–Trinajstić information content (AvgIpc) is 3.36. The van der Waals surface area contributed by atoms with Crippen molar-refractivity contribution < 1.29 is 35.9 Å². The van der Waals surface area contributed by atoms with Gasteiger partial charge in [0, 0.05) is 11.4 Å². The molecule has 0 saturated carbocycles. The highest BCUT2D eigenvalue weighted by molar-refractivity contribution is 6.15. The maximum atomic E-state index is 13.0. The second kappa shape index (κ2) is 18.8. The molecule has 0 aliphatic carbocycles. The Kier molecular flexibility index (Phi) is 12.3. The molecule has 0 saturated heterocycles. The minimum absolute atomic E-state index is 0.0164. The SMILES string of the molecule is O=C(Nc1ccc(-c2ccc(-c3c(-c4ccccc4)c(-c4ccccc4)c(-c4ccccc4)c(-c4ccccc4)c3-c3ccc(-c4ccc(NC(=O)C(F)(F)F)cc4)cc3)cc2)cc1)C(F)(F)F. The van der Waals surface area contributed by atoms with Crippen molar-refractivity contribution >= 4 is 23.2 Å². The zero-order valence-corrected chi connectivity index (χ0v) is 35.9. The minimum Gasteiger partial charge on any atom is -0.318 e. The summed E-state index contributed by atoms with van der Waals surface area (Å²) in [4.78, 5) is 23.2. The number of amides is 2. The molecular weight excluding hydrogens is 871 g/mol. The lowest BCUT2D eigenvalue weighted by molar-refractivity contribution is -0.167. The van der Waals surface area contributed by atoms with E-state index in [-0.39, 0.29) is 11.4 Å². The summed E-state index contributed by atoms with van der Waals surface area (Å²) in [5.74, 6) is -4.10. The fourth-order valence-electron chi connectivity index (χ4n) is 8.46. The van der Waals surface area contributed by atoms with Crippen molar-refractivity contribution in [2.75, 3.05) is 10.6 Å². The molecule has 0 aliphatic rings. The van der Waals surface area contributed by atoms with Crippen LogP contribution in [0.2, 0.25) is 0 Å². The summed E-state index contributed by atoms with van der Waals surface area (Å²) in [5, 5.41) is 3.80. The molecule has 0 spiro atoms. The Morgan fingerprint density at radius 2 is 0.426 bits per heavy atom. The topological polar surface area (TPSA) is 58.2 Å². The van der Waals surface area contributed by atoms with Gasteiger partial charge in [0.1, 0.15) is 0 Å². The van der Waals surface area contributed by atoms with Crippen LogP contribution < -0.4 is 10.6 Å². The van der Waals surface area contributed by atoms with Gasteiger partial charge < -0.3 is 10.6 Å². The van der Waals surface area contributed by atoms with Crippen LogP contribution in [0.15, 0.2) is 218 Å². The second-order valence-electron chi connectivity index (χ2n) is 15.9. The van der Waals surface area contributed by atoms with Crippen LogP contribution in [0.1, 0.15) is 0 Å². The summed E-state index contributed by atoms with van der Waals surface area (Å²) in [7, 11) is 0. The Morgan fingerprint density at radius 3 is 0.632 bits per heavy atom. The van der Waals surface area contributed by atoms with Crippen molar-refractivity contribution in [3.63, 3.8) is 0 Å². The molecule has 10 heteroatoms. The first-order chi connectivity index (χ1) is 32.8. The average molecular weight is 909 g/mol. The van der Waals surface area contributed by atoms with Crippen LogP contribution >= 0.6 is 0 Å². The monoisotopic (exact) mass is 908 g/mol. The minimum atomic E-state index is -5.02. The van der Waals surface area contributed by atoms with Crippen molar-refractivity contribution in [2.45, 2.75) is 12.4 Å². The first-order valence-electron chi connectivity index (χ1n) is 21.5. The van der Waals surface area contributed by atoms with Crippen molar-refractivity contribution in [1.29, 1.82) is 0 Å². The van der Waals surface area contributed by atoms with Gasteiger partial charge in [-0.25, -0.2) is 0 Å². The Hall–Kier alpha value is -8.50. The van der Waals surface area contributed by atoms with Gasteiger partial charge >= 0.3 is 24.2 Å². The highest BCUT2D eigenvalue weighted by atomic mass is 19.4. The van der Waals surface area contributed by atoms with Crippen molar-refractivity contribution in [2.24, 2.45) is 0 Å². The predicted molar refractivity (Wildman–Crippen MR) is 259 cm³/mol. The summed E-state index contributed by atoms with van der Waals surface area (Å²) in [6.07, 6.45) is -10.0. The number of nitrogens with one attached hydrogen (secondary N) is 2. The third kappa shape index (κ3) is 9.43. The third-order valence-corrected chi connectivity index (χ3v) is 11.6. The quantitative estimate of drug-likeness (QED) is 0.134. The molecule has 0 atom stereocenters. The molecule has 9 aromatic carbocycles. The number of halogens is 6. The zero-order valence-electron chi connectivity index (χ0n) is 35.9. The summed E-state index contributed by atoms with van der Waals surface area (Å²) in [6, 6.07) is 69.4. The normalized spacial score (nSPS) is 11.5. The molecular formula is C58H38F6N2O2. The van der Waals surface area contributed by atoms with Crippen LogP contribution in [0.4, 0.5) is 37.7 Å². The van der Waals surface area contributed by atoms with Crippen LogP contribution in [-0.2, 0) is 9.59 Å². The predicted octanol–water partition coefficient (Wildman–Crippen LogP) is 16.0. The highest BCUT2D eigenvalue weighted by Crippen LogP contribution is 2.56. The number of hydrogen-bond acceptors (Lipinski definition) is 2. The smallest absolute Gasteiger partial charge is 0.318 e. The standard InChI is InChI=1S/C58H38F6N2O2/c59-57(60,61)55(67)65-47-33-29-39(30-34-47)37-21-25-45(26-22-37)53-51(43-17-9-3-10-18-43)49(41-13-5-1-6-14-41)50(42-15-7-2-8-16-42)52(44-19-11-4-12-20-44)54(53)46-27-23-38(24-28-46)40-31-35-48(36-32-40)66-56(68)58(62,63)64/h1-36H,(H,65,67)(H,66,68). The molecule has 0 heterocycles. The fourth-order valence-corrected chi connectivity index (χ4v) is 8.46. The van der Waals surface area contributed by atoms with Gasteiger partial charge in [0.05, 0.1) is 0 Å². The second-order valence-corrected chi connectivity index (χ2v) is 15.9. The molecule has 0 bridgehead atoms. The van der Waals surface area contributed by atoms with Crippen LogP contribution in [0.3, 0.4) is 0 Å². The van der Waals surface area contributed by atoms with E-state index >= 15 is 0 Å². The number of carbonyl (C=O) groups is 2. The van der Waals surface area contributed by atoms with Crippen LogP contribution in [0.25, 0.3) is 89.0 Å². The number of anilines is 2. The number of alkyl halides is 6. The molecule has 2 amide bonds. The molecule has 0 fully saturated rings. The van der Waals surface area contributed by atoms with Gasteiger partial charge in [-0.15, -0.1) is 0 Å². The van der Waals surface area contributed by atoms with E-state index in [1.54, 1.807) is 24.3 Å². The van der Waals surface area contributed by atoms with E-state index in [9.17, 15) is 35.9 Å². The fraction of sp³-hybridized carbons (Fsp3) is 0.0345. The summed E-state index contributed by atoms with van der Waals surface area (Å²) in [6.45, 7) is 0. The molecule has 4 nitrogen and oxygen atoms in total. The summed E-state index contributed by atoms with van der Waals surface area (Å²) in [5.41, 5.74) is 14.6. The Labute approximate surface area is 388 Å². The van der Waals surface area contributed by atoms with Crippen molar-refractivity contribution in [3.8, 4) is 89.0 Å². The van der Waals surface area contributed by atoms with Gasteiger partial charge in [-0.05, 0) is 113 Å². The molecule has 0 unspecified atom stereocenters. The van der Waals surface area contributed by atoms with E-state index in [1.807, 2.05) is 132 Å². The lowest BCUT2D eigenvalue weighted by Gasteiger charge is -2.29. The van der Waals surface area contributed by atoms with E-state index < -0.39 is 24.2 Å². The molecule has 0 aromatic heterocycles. The van der Waals surface area contributed by atoms with Crippen molar-refractivity contribution in [1.82, 2.24) is 0 Å². The van der Waals surface area contributed by atoms with Gasteiger partial charge in [0.2, 0.25) is 0 Å². The first kappa shape index (κ1) is 44.7. The number of benzene rings is 9. The van der Waals surface area contributed by atoms with Crippen LogP contribution in [0, 0.1) is 0 Å². The lowest BCUT2D eigenvalue weighted by Crippen LogP contribution is -2.29. The van der Waals surface area contributed by atoms with Gasteiger partial charge in [0.25, 0.3) is 0 Å². The maximum absolute atomic E-state index is 13.0. The number of hydrogen-bond donors (Lipinski definition) is 2. The Bertz CT molecular complexity index is 2990. The Morgan fingerprint density at radius 1 is 0.250 bits per heavy atom. The molecule has 0 radical (unpaired) electrons. The van der Waals surface area contributed by atoms with E-state index in [2.05, 4.69) is 48.5 Å². The third-order valence-electron chi connectivity index (χ3n) is 11.6. The molecule has 0 aliphatic heterocycles. The molecule has 2 N–H and O–H groups in total. The number of carbonyl (C=O) groups excluding carboxylic acids is 2. The molecule has 9 rings (SSSR count). The summed E-state index contributed by atoms with van der Waals surface area (Å²) >= 11 is 0. The van der Waals surface area contributed by atoms with Gasteiger partial charge in [-0.2, -0.15) is 26.3 Å². The Balaban J connectivity index is 1.30. The van der Waals surface area contributed by atoms with E-state index in [4.69, 9.17) is 0 Å². The van der Waals surface area contributed by atoms with E-state index in [0.717, 1.165) is 89.0 Å². The largest absolute Gasteiger partial charge is 0.471 e. The van der Waals surface area contributed by atoms with E-state index in [1.165, 1.54) is 24.3 Å². The summed E-state index contributed by atoms with van der Waals surface area (Å²) < 4.78 is 78.0. The molecule has 334 valence electrons. The van der Waals surface area contributed by atoms with E-state index in [0.29, 0.717) is 0 Å². The van der Waals surface area contributed by atoms with Crippen molar-refractivity contribution in [3.05, 3.63) is 218 Å². The van der Waals surface area contributed by atoms with Gasteiger partial charge in [-0.1, -0.05) is 194 Å². The number of rotatable bonds is 10. The van der Waals surface area contributed by atoms with Crippen LogP contribution in [-0.4, -0.2) is 24.2 Å². The lowest BCUT2D eigenvalue weighted by atomic mass is 9.74. The first-order valence-corrected chi connectivity index (χ1v) is 21.5.